The molecule has 1 saturated heterocycles. The molecule has 0 radical (unpaired) electrons. The third kappa shape index (κ3) is 6.07. The fraction of sp³-hybridized carbons (Fsp3) is 0.536. The number of hydrogen-bond donors (Lipinski definition) is 0. The van der Waals surface area contributed by atoms with Gasteiger partial charge < -0.3 is 19.1 Å². The fourth-order valence-corrected chi connectivity index (χ4v) is 5.61. The summed E-state index contributed by atoms with van der Waals surface area (Å²) >= 11 is 12.7. The number of rotatable bonds is 6. The summed E-state index contributed by atoms with van der Waals surface area (Å²) < 4.78 is 17.7. The molecule has 5 nitrogen and oxygen atoms in total. The number of halogens is 2. The third-order valence-electron chi connectivity index (χ3n) is 6.85. The zero-order valence-electron chi connectivity index (χ0n) is 21.2. The van der Waals surface area contributed by atoms with Crippen LogP contribution in [0.5, 0.6) is 11.5 Å². The molecule has 2 heterocycles. The first-order valence-corrected chi connectivity index (χ1v) is 13.0. The van der Waals surface area contributed by atoms with Gasteiger partial charge in [-0.25, -0.2) is 0 Å². The van der Waals surface area contributed by atoms with Crippen LogP contribution in [0.4, 0.5) is 0 Å². The van der Waals surface area contributed by atoms with Crippen molar-refractivity contribution in [3.8, 4) is 11.5 Å². The average molecular weight is 520 g/mol. The second-order valence-electron chi connectivity index (χ2n) is 11.0. The summed E-state index contributed by atoms with van der Waals surface area (Å²) in [5.41, 5.74) is 2.61. The first kappa shape index (κ1) is 26.1. The molecule has 2 aliphatic heterocycles. The minimum absolute atomic E-state index is 0.0170. The van der Waals surface area contributed by atoms with Gasteiger partial charge in [0.1, 0.15) is 23.7 Å². The Morgan fingerprint density at radius 3 is 2.43 bits per heavy atom. The van der Waals surface area contributed by atoms with Gasteiger partial charge in [0, 0.05) is 39.2 Å². The Kier molecular flexibility index (Phi) is 7.61. The highest BCUT2D eigenvalue weighted by Gasteiger charge is 2.43. The van der Waals surface area contributed by atoms with Gasteiger partial charge in [0.2, 0.25) is 0 Å². The molecule has 0 aliphatic carbocycles. The van der Waals surface area contributed by atoms with Crippen molar-refractivity contribution in [2.24, 2.45) is 5.92 Å². The lowest BCUT2D eigenvalue weighted by molar-refractivity contribution is -0.160. The predicted octanol–water partition coefficient (Wildman–Crippen LogP) is 6.58. The lowest BCUT2D eigenvalue weighted by Crippen LogP contribution is -2.46. The van der Waals surface area contributed by atoms with Crippen LogP contribution in [0.15, 0.2) is 30.3 Å². The molecule has 2 aromatic carbocycles. The van der Waals surface area contributed by atoms with E-state index in [4.69, 9.17) is 37.4 Å². The van der Waals surface area contributed by atoms with Crippen molar-refractivity contribution in [3.05, 3.63) is 57.1 Å². The minimum Gasteiger partial charge on any atom is -0.492 e. The van der Waals surface area contributed by atoms with Gasteiger partial charge in [-0.1, -0.05) is 36.2 Å². The second kappa shape index (κ2) is 10.2. The number of piperidine rings is 1. The van der Waals surface area contributed by atoms with E-state index in [2.05, 4.69) is 11.0 Å². The average Bonchev–Trinajstić information content (AvgIpc) is 3.11. The standard InChI is InChI=1S/C28H35Cl2NO4/c1-18-12-23(29)21(24(30)13-18)16-33-20-6-7-22-25(14-20)34-17-28(22)8-10-31(11-9-28)15-19(2)26(32)35-27(3,4)5/h6-7,12-14,19H,8-11,15-17H2,1-5H3. The van der Waals surface area contributed by atoms with E-state index < -0.39 is 5.60 Å². The summed E-state index contributed by atoms with van der Waals surface area (Å²) in [5.74, 6) is 1.34. The molecule has 0 N–H and O–H groups in total. The Hall–Kier alpha value is -1.95. The van der Waals surface area contributed by atoms with Gasteiger partial charge in [-0.15, -0.1) is 0 Å². The SMILES string of the molecule is Cc1cc(Cl)c(COc2ccc3c(c2)OCC32CCN(CC(C)C(=O)OC(C)(C)C)CC2)c(Cl)c1. The maximum Gasteiger partial charge on any atom is 0.310 e. The Balaban J connectivity index is 1.35. The predicted molar refractivity (Wildman–Crippen MR) is 140 cm³/mol. The van der Waals surface area contributed by atoms with E-state index in [1.165, 1.54) is 5.56 Å². The molecule has 0 saturated carbocycles. The van der Waals surface area contributed by atoms with E-state index >= 15 is 0 Å². The number of likely N-dealkylation sites (tertiary alicyclic amines) is 1. The van der Waals surface area contributed by atoms with Crippen molar-refractivity contribution < 1.29 is 19.0 Å². The summed E-state index contributed by atoms with van der Waals surface area (Å²) in [6.07, 6.45) is 1.99. The lowest BCUT2D eigenvalue weighted by atomic mass is 9.74. The van der Waals surface area contributed by atoms with Crippen molar-refractivity contribution in [2.45, 2.75) is 65.1 Å². The van der Waals surface area contributed by atoms with Crippen LogP contribution in [-0.2, 0) is 21.6 Å². The van der Waals surface area contributed by atoms with Gasteiger partial charge in [0.05, 0.1) is 12.5 Å². The van der Waals surface area contributed by atoms with Gasteiger partial charge in [0.15, 0.2) is 0 Å². The van der Waals surface area contributed by atoms with Crippen LogP contribution in [0.25, 0.3) is 0 Å². The number of carbonyl (C=O) groups is 1. The molecular formula is C28H35Cl2NO4. The fourth-order valence-electron chi connectivity index (χ4n) is 4.91. The summed E-state index contributed by atoms with van der Waals surface area (Å²) in [6, 6.07) is 9.89. The van der Waals surface area contributed by atoms with Crippen LogP contribution in [-0.4, -0.2) is 42.7 Å². The number of esters is 1. The second-order valence-corrected chi connectivity index (χ2v) is 11.8. The van der Waals surface area contributed by atoms with Crippen LogP contribution < -0.4 is 9.47 Å². The molecule has 1 atom stereocenters. The van der Waals surface area contributed by atoms with E-state index in [9.17, 15) is 4.79 Å². The van der Waals surface area contributed by atoms with Crippen LogP contribution in [0.3, 0.4) is 0 Å². The summed E-state index contributed by atoms with van der Waals surface area (Å²) in [4.78, 5) is 14.7. The Morgan fingerprint density at radius 2 is 1.80 bits per heavy atom. The number of benzene rings is 2. The summed E-state index contributed by atoms with van der Waals surface area (Å²) in [6.45, 7) is 13.2. The number of hydrogen-bond acceptors (Lipinski definition) is 5. The third-order valence-corrected chi connectivity index (χ3v) is 7.53. The molecule has 190 valence electrons. The number of ether oxygens (including phenoxy) is 3. The molecule has 0 bridgehead atoms. The topological polar surface area (TPSA) is 48.0 Å². The highest BCUT2D eigenvalue weighted by atomic mass is 35.5. The van der Waals surface area contributed by atoms with Crippen LogP contribution in [0, 0.1) is 12.8 Å². The van der Waals surface area contributed by atoms with Crippen molar-refractivity contribution in [1.29, 1.82) is 0 Å². The maximum absolute atomic E-state index is 12.4. The molecular weight excluding hydrogens is 485 g/mol. The van der Waals surface area contributed by atoms with Gasteiger partial charge in [-0.2, -0.15) is 0 Å². The minimum atomic E-state index is -0.455. The molecule has 0 aromatic heterocycles. The molecule has 7 heteroatoms. The number of aryl methyl sites for hydroxylation is 1. The van der Waals surface area contributed by atoms with E-state index in [0.29, 0.717) is 23.3 Å². The number of carbonyl (C=O) groups excluding carboxylic acids is 1. The lowest BCUT2D eigenvalue weighted by Gasteiger charge is -2.39. The van der Waals surface area contributed by atoms with E-state index in [1.807, 2.05) is 58.9 Å². The highest BCUT2D eigenvalue weighted by molar-refractivity contribution is 6.36. The molecule has 1 spiro atoms. The molecule has 2 aromatic rings. The zero-order valence-corrected chi connectivity index (χ0v) is 22.8. The van der Waals surface area contributed by atoms with E-state index in [1.54, 1.807) is 0 Å². The molecule has 0 amide bonds. The van der Waals surface area contributed by atoms with E-state index in [-0.39, 0.29) is 17.3 Å². The van der Waals surface area contributed by atoms with Gasteiger partial charge in [-0.05, 0) is 77.4 Å². The van der Waals surface area contributed by atoms with Crippen molar-refractivity contribution >= 4 is 29.2 Å². The molecule has 1 fully saturated rings. The zero-order chi connectivity index (χ0) is 25.4. The number of nitrogens with zero attached hydrogens (tertiary/aromatic N) is 1. The first-order valence-electron chi connectivity index (χ1n) is 12.3. The largest absolute Gasteiger partial charge is 0.492 e. The smallest absolute Gasteiger partial charge is 0.310 e. The monoisotopic (exact) mass is 519 g/mol. The van der Waals surface area contributed by atoms with Crippen molar-refractivity contribution in [2.75, 3.05) is 26.2 Å². The maximum atomic E-state index is 12.4. The van der Waals surface area contributed by atoms with Crippen LogP contribution in [0.1, 0.15) is 57.2 Å². The summed E-state index contributed by atoms with van der Waals surface area (Å²) in [5, 5.41) is 1.22. The summed E-state index contributed by atoms with van der Waals surface area (Å²) in [7, 11) is 0. The quantitative estimate of drug-likeness (QED) is 0.403. The number of fused-ring (bicyclic) bond motifs is 2. The highest BCUT2D eigenvalue weighted by Crippen LogP contribution is 2.47. The van der Waals surface area contributed by atoms with Crippen molar-refractivity contribution in [3.63, 3.8) is 0 Å². The molecule has 2 aliphatic rings. The molecule has 35 heavy (non-hydrogen) atoms. The van der Waals surface area contributed by atoms with Gasteiger partial charge in [0.25, 0.3) is 0 Å². The van der Waals surface area contributed by atoms with Gasteiger partial charge in [-0.3, -0.25) is 4.79 Å². The Bertz CT molecular complexity index is 1060. The Morgan fingerprint density at radius 1 is 1.14 bits per heavy atom. The van der Waals surface area contributed by atoms with E-state index in [0.717, 1.165) is 55.1 Å². The molecule has 1 unspecified atom stereocenters. The van der Waals surface area contributed by atoms with Gasteiger partial charge >= 0.3 is 5.97 Å². The first-order chi connectivity index (χ1) is 16.5. The molecule has 4 rings (SSSR count). The van der Waals surface area contributed by atoms with Crippen LogP contribution in [0.2, 0.25) is 10.0 Å². The van der Waals surface area contributed by atoms with Crippen LogP contribution >= 0.6 is 23.2 Å². The Labute approximate surface area is 218 Å². The van der Waals surface area contributed by atoms with Crippen molar-refractivity contribution in [1.82, 2.24) is 4.90 Å². The normalized spacial score (nSPS) is 18.1.